The molecule has 0 spiro atoms. The zero-order valence-corrected chi connectivity index (χ0v) is 12.1. The van der Waals surface area contributed by atoms with E-state index < -0.39 is 0 Å². The van der Waals surface area contributed by atoms with Gasteiger partial charge in [0.2, 0.25) is 0 Å². The second-order valence-corrected chi connectivity index (χ2v) is 4.22. The molecule has 0 unspecified atom stereocenters. The molecule has 0 saturated carbocycles. The molecule has 100 valence electrons. The first-order valence-electron chi connectivity index (χ1n) is 6.80. The molecule has 0 fully saturated rings. The summed E-state index contributed by atoms with van der Waals surface area (Å²) in [5.41, 5.74) is 2.04. The van der Waals surface area contributed by atoms with Crippen molar-refractivity contribution in [2.75, 3.05) is 0 Å². The van der Waals surface area contributed by atoms with E-state index in [1.807, 2.05) is 18.2 Å². The summed E-state index contributed by atoms with van der Waals surface area (Å²) in [5.74, 6) is 0. The third-order valence-corrected chi connectivity index (χ3v) is 2.75. The van der Waals surface area contributed by atoms with Crippen molar-refractivity contribution in [3.05, 3.63) is 60.9 Å². The lowest BCUT2D eigenvalue weighted by Gasteiger charge is -2.15. The fourth-order valence-electron chi connectivity index (χ4n) is 1.51. The highest BCUT2D eigenvalue weighted by Crippen LogP contribution is 2.04. The second-order valence-electron chi connectivity index (χ2n) is 4.22. The van der Waals surface area contributed by atoms with Gasteiger partial charge in [0, 0.05) is 11.7 Å². The van der Waals surface area contributed by atoms with Crippen LogP contribution in [0, 0.1) is 0 Å². The normalized spacial score (nSPS) is 12.6. The van der Waals surface area contributed by atoms with Gasteiger partial charge < -0.3 is 5.32 Å². The van der Waals surface area contributed by atoms with Crippen LogP contribution in [0.15, 0.2) is 60.9 Å². The molecule has 0 aromatic heterocycles. The van der Waals surface area contributed by atoms with Gasteiger partial charge in [0.25, 0.3) is 0 Å². The Bertz CT molecular complexity index is 328. The largest absolute Gasteiger partial charge is 0.383 e. The highest BCUT2D eigenvalue weighted by molar-refractivity contribution is 5.35. The average molecular weight is 245 g/mol. The van der Waals surface area contributed by atoms with Crippen molar-refractivity contribution in [3.63, 3.8) is 0 Å². The molecule has 0 saturated heterocycles. The van der Waals surface area contributed by atoms with E-state index in [2.05, 4.69) is 57.5 Å². The molecule has 0 aliphatic carbocycles. The van der Waals surface area contributed by atoms with Gasteiger partial charge in [-0.3, -0.25) is 0 Å². The van der Waals surface area contributed by atoms with Gasteiger partial charge >= 0.3 is 0 Å². The summed E-state index contributed by atoms with van der Waals surface area (Å²) in [7, 11) is 0. The summed E-state index contributed by atoms with van der Waals surface area (Å²) in [5, 5.41) is 3.40. The minimum atomic E-state index is 0.512. The van der Waals surface area contributed by atoms with Gasteiger partial charge in [0.05, 0.1) is 0 Å². The molecule has 1 heteroatoms. The first-order chi connectivity index (χ1) is 8.67. The van der Waals surface area contributed by atoms with Crippen LogP contribution in [0.25, 0.3) is 0 Å². The van der Waals surface area contributed by atoms with Gasteiger partial charge in [-0.2, -0.15) is 0 Å². The van der Waals surface area contributed by atoms with E-state index in [-0.39, 0.29) is 0 Å². The predicted octanol–water partition coefficient (Wildman–Crippen LogP) is 4.91. The fourth-order valence-corrected chi connectivity index (χ4v) is 1.51. The summed E-state index contributed by atoms with van der Waals surface area (Å²) in [6, 6.07) is 0.512. The van der Waals surface area contributed by atoms with E-state index in [0.717, 1.165) is 30.5 Å². The second kappa shape index (κ2) is 10.6. The molecule has 0 aliphatic heterocycles. The Labute approximate surface area is 113 Å². The Morgan fingerprint density at radius 3 is 2.33 bits per heavy atom. The number of nitrogens with one attached hydrogen (secondary N) is 1. The van der Waals surface area contributed by atoms with E-state index in [9.17, 15) is 0 Å². The highest BCUT2D eigenvalue weighted by atomic mass is 14.9. The first kappa shape index (κ1) is 16.5. The molecular formula is C17H27N. The van der Waals surface area contributed by atoms with Crippen molar-refractivity contribution in [3.8, 4) is 0 Å². The lowest BCUT2D eigenvalue weighted by molar-refractivity contribution is 0.540. The van der Waals surface area contributed by atoms with Crippen LogP contribution in [0.5, 0.6) is 0 Å². The number of hydrogen-bond acceptors (Lipinski definition) is 1. The van der Waals surface area contributed by atoms with Crippen LogP contribution in [-0.4, -0.2) is 6.04 Å². The Kier molecular flexibility index (Phi) is 9.75. The Morgan fingerprint density at radius 1 is 1.17 bits per heavy atom. The third-order valence-electron chi connectivity index (χ3n) is 2.75. The van der Waals surface area contributed by atoms with Crippen LogP contribution in [0.3, 0.4) is 0 Å². The molecule has 0 aliphatic rings. The maximum atomic E-state index is 4.02. The van der Waals surface area contributed by atoms with Gasteiger partial charge in [-0.1, -0.05) is 64.3 Å². The zero-order valence-electron chi connectivity index (χ0n) is 12.1. The van der Waals surface area contributed by atoms with E-state index in [4.69, 9.17) is 0 Å². The molecule has 0 amide bonds. The molecule has 0 aromatic carbocycles. The maximum Gasteiger partial charge on any atom is 0.0269 e. The van der Waals surface area contributed by atoms with Gasteiger partial charge in [-0.05, 0) is 30.9 Å². The first-order valence-corrected chi connectivity index (χ1v) is 6.80. The highest BCUT2D eigenvalue weighted by Gasteiger charge is 2.00. The molecule has 1 N–H and O–H groups in total. The predicted molar refractivity (Wildman–Crippen MR) is 83.5 cm³/mol. The summed E-state index contributed by atoms with van der Waals surface area (Å²) >= 11 is 0. The molecule has 0 aromatic rings. The lowest BCUT2D eigenvalue weighted by Crippen LogP contribution is -2.25. The molecule has 0 atom stereocenters. The van der Waals surface area contributed by atoms with E-state index in [1.165, 1.54) is 0 Å². The van der Waals surface area contributed by atoms with E-state index >= 15 is 0 Å². The van der Waals surface area contributed by atoms with E-state index in [0.29, 0.717) is 6.04 Å². The SMILES string of the molecule is C=CC(/C=C/C(=C)NC(CC)CC)=C\C=C\CC. The molecular weight excluding hydrogens is 218 g/mol. The summed E-state index contributed by atoms with van der Waals surface area (Å²) in [6.07, 6.45) is 15.4. The standard InChI is InChI=1S/C17H27N/c1-6-10-11-12-16(7-2)14-13-15(5)18-17(8-3)9-4/h7,10-14,17-18H,2,5-6,8-9H2,1,3-4H3/b11-10+,14-13+,16-12+. The van der Waals surface area contributed by atoms with Gasteiger partial charge in [0.1, 0.15) is 0 Å². The topological polar surface area (TPSA) is 12.0 Å². The fraction of sp³-hybridized carbons (Fsp3) is 0.412. The average Bonchev–Trinajstić information content (AvgIpc) is 2.39. The van der Waals surface area contributed by atoms with Crippen molar-refractivity contribution in [2.24, 2.45) is 0 Å². The van der Waals surface area contributed by atoms with Crippen molar-refractivity contribution < 1.29 is 0 Å². The molecule has 0 radical (unpaired) electrons. The van der Waals surface area contributed by atoms with Gasteiger partial charge in [0.15, 0.2) is 0 Å². The van der Waals surface area contributed by atoms with Crippen LogP contribution >= 0.6 is 0 Å². The molecule has 0 bridgehead atoms. The Morgan fingerprint density at radius 2 is 1.83 bits per heavy atom. The van der Waals surface area contributed by atoms with Crippen molar-refractivity contribution in [1.82, 2.24) is 5.32 Å². The summed E-state index contributed by atoms with van der Waals surface area (Å²) in [6.45, 7) is 14.3. The number of hydrogen-bond donors (Lipinski definition) is 1. The molecule has 18 heavy (non-hydrogen) atoms. The van der Waals surface area contributed by atoms with Gasteiger partial charge in [-0.25, -0.2) is 0 Å². The quantitative estimate of drug-likeness (QED) is 0.569. The number of rotatable bonds is 9. The minimum Gasteiger partial charge on any atom is -0.383 e. The third kappa shape index (κ3) is 7.72. The van der Waals surface area contributed by atoms with Crippen molar-refractivity contribution in [2.45, 2.75) is 46.1 Å². The molecule has 0 rings (SSSR count). The number of allylic oxidation sites excluding steroid dienone is 7. The maximum absolute atomic E-state index is 4.02. The zero-order chi connectivity index (χ0) is 13.8. The van der Waals surface area contributed by atoms with Crippen LogP contribution in [0.1, 0.15) is 40.0 Å². The molecule has 0 heterocycles. The van der Waals surface area contributed by atoms with Gasteiger partial charge in [-0.15, -0.1) is 0 Å². The van der Waals surface area contributed by atoms with Crippen molar-refractivity contribution in [1.29, 1.82) is 0 Å². The Balaban J connectivity index is 4.42. The van der Waals surface area contributed by atoms with Crippen LogP contribution < -0.4 is 5.32 Å². The van der Waals surface area contributed by atoms with Crippen LogP contribution in [-0.2, 0) is 0 Å². The minimum absolute atomic E-state index is 0.512. The lowest BCUT2D eigenvalue weighted by atomic mass is 10.1. The molecule has 1 nitrogen and oxygen atoms in total. The van der Waals surface area contributed by atoms with Crippen LogP contribution in [0.2, 0.25) is 0 Å². The monoisotopic (exact) mass is 245 g/mol. The van der Waals surface area contributed by atoms with E-state index in [1.54, 1.807) is 0 Å². The summed E-state index contributed by atoms with van der Waals surface area (Å²) in [4.78, 5) is 0. The van der Waals surface area contributed by atoms with Crippen LogP contribution in [0.4, 0.5) is 0 Å². The smallest absolute Gasteiger partial charge is 0.0269 e. The Hall–Kier alpha value is -1.50. The van der Waals surface area contributed by atoms with Crippen molar-refractivity contribution >= 4 is 0 Å². The summed E-state index contributed by atoms with van der Waals surface area (Å²) < 4.78 is 0.